The van der Waals surface area contributed by atoms with Gasteiger partial charge in [0, 0.05) is 5.56 Å². The molecule has 70 valence electrons. The van der Waals surface area contributed by atoms with E-state index in [2.05, 4.69) is 13.5 Å². The van der Waals surface area contributed by atoms with E-state index in [1.54, 1.807) is 0 Å². The van der Waals surface area contributed by atoms with E-state index >= 15 is 0 Å². The van der Waals surface area contributed by atoms with Crippen molar-refractivity contribution in [3.8, 4) is 5.75 Å². The highest BCUT2D eigenvalue weighted by molar-refractivity contribution is 5.49. The zero-order chi connectivity index (χ0) is 10.0. The third-order valence-electron chi connectivity index (χ3n) is 2.49. The molecule has 1 N–H and O–H groups in total. The summed E-state index contributed by atoms with van der Waals surface area (Å²) in [6, 6.07) is 2.01. The van der Waals surface area contributed by atoms with Gasteiger partial charge in [-0.3, -0.25) is 0 Å². The molecule has 0 fully saturated rings. The van der Waals surface area contributed by atoms with Crippen LogP contribution in [0.25, 0.3) is 0 Å². The molecule has 0 unspecified atom stereocenters. The molecule has 0 aromatic heterocycles. The molecule has 0 atom stereocenters. The van der Waals surface area contributed by atoms with E-state index in [-0.39, 0.29) is 0 Å². The molecule has 1 aromatic rings. The van der Waals surface area contributed by atoms with Gasteiger partial charge in [0.05, 0.1) is 0 Å². The Bertz CT molecular complexity index is 311. The number of aryl methyl sites for hydroxylation is 2. The topological polar surface area (TPSA) is 20.2 Å². The number of hydrogen-bond acceptors (Lipinski definition) is 1. The molecule has 0 amide bonds. The molecule has 0 aliphatic heterocycles. The number of rotatable bonds is 2. The maximum Gasteiger partial charge on any atom is 0.122 e. The van der Waals surface area contributed by atoms with Gasteiger partial charge in [0.2, 0.25) is 0 Å². The summed E-state index contributed by atoms with van der Waals surface area (Å²) < 4.78 is 0. The molecule has 0 radical (unpaired) electrons. The molecule has 0 saturated heterocycles. The van der Waals surface area contributed by atoms with E-state index in [0.29, 0.717) is 5.75 Å². The Morgan fingerprint density at radius 1 is 1.31 bits per heavy atom. The first-order valence-corrected chi connectivity index (χ1v) is 4.47. The van der Waals surface area contributed by atoms with Crippen molar-refractivity contribution in [1.82, 2.24) is 0 Å². The summed E-state index contributed by atoms with van der Waals surface area (Å²) in [6.45, 7) is 9.71. The fourth-order valence-corrected chi connectivity index (χ4v) is 1.55. The average molecular weight is 176 g/mol. The second kappa shape index (κ2) is 3.65. The first kappa shape index (κ1) is 9.85. The average Bonchev–Trinajstić information content (AvgIpc) is 2.09. The van der Waals surface area contributed by atoms with Gasteiger partial charge in [-0.1, -0.05) is 12.1 Å². The number of benzene rings is 1. The number of phenols is 1. The molecule has 0 heterocycles. The first-order chi connectivity index (χ1) is 6.07. The largest absolute Gasteiger partial charge is 0.507 e. The van der Waals surface area contributed by atoms with Crippen molar-refractivity contribution in [1.29, 1.82) is 0 Å². The predicted molar refractivity (Wildman–Crippen MR) is 56.2 cm³/mol. The van der Waals surface area contributed by atoms with Crippen LogP contribution in [0.15, 0.2) is 18.7 Å². The zero-order valence-corrected chi connectivity index (χ0v) is 8.52. The van der Waals surface area contributed by atoms with Gasteiger partial charge < -0.3 is 5.11 Å². The second-order valence-electron chi connectivity index (χ2n) is 3.46. The first-order valence-electron chi connectivity index (χ1n) is 4.47. The van der Waals surface area contributed by atoms with E-state index < -0.39 is 0 Å². The number of aromatic hydroxyl groups is 1. The third-order valence-corrected chi connectivity index (χ3v) is 2.49. The monoisotopic (exact) mass is 176 g/mol. The summed E-state index contributed by atoms with van der Waals surface area (Å²) >= 11 is 0. The molecule has 1 nitrogen and oxygen atoms in total. The molecule has 0 aliphatic carbocycles. The van der Waals surface area contributed by atoms with Gasteiger partial charge in [-0.05, 0) is 43.9 Å². The summed E-state index contributed by atoms with van der Waals surface area (Å²) in [4.78, 5) is 0. The Kier molecular flexibility index (Phi) is 2.76. The van der Waals surface area contributed by atoms with Crippen molar-refractivity contribution < 1.29 is 5.11 Å². The van der Waals surface area contributed by atoms with Gasteiger partial charge in [0.25, 0.3) is 0 Å². The van der Waals surface area contributed by atoms with Crippen LogP contribution < -0.4 is 0 Å². The lowest BCUT2D eigenvalue weighted by Crippen LogP contribution is -1.94. The van der Waals surface area contributed by atoms with Gasteiger partial charge in [0.1, 0.15) is 5.75 Å². The van der Waals surface area contributed by atoms with Crippen molar-refractivity contribution >= 4 is 0 Å². The lowest BCUT2D eigenvalue weighted by atomic mass is 9.96. The molecule has 0 aliphatic rings. The van der Waals surface area contributed by atoms with E-state index in [0.717, 1.165) is 17.5 Å². The summed E-state index contributed by atoms with van der Waals surface area (Å²) in [5.41, 5.74) is 4.35. The van der Waals surface area contributed by atoms with Crippen molar-refractivity contribution in [2.45, 2.75) is 27.2 Å². The van der Waals surface area contributed by atoms with Gasteiger partial charge in [-0.25, -0.2) is 0 Å². The molecule has 1 heteroatoms. The summed E-state index contributed by atoms with van der Waals surface area (Å²) in [6.07, 6.45) is 2.56. The maximum atomic E-state index is 9.79. The smallest absolute Gasteiger partial charge is 0.122 e. The molecular weight excluding hydrogens is 160 g/mol. The molecular formula is C12H16O. The standard InChI is InChI=1S/C12H16O/c1-5-6-11-10(4)8(2)7-9(3)12(11)13/h5,7,13H,1,6H2,2-4H3. The Labute approximate surface area is 79.7 Å². The van der Waals surface area contributed by atoms with Crippen LogP contribution in [0, 0.1) is 20.8 Å². The Morgan fingerprint density at radius 3 is 2.46 bits per heavy atom. The second-order valence-corrected chi connectivity index (χ2v) is 3.46. The van der Waals surface area contributed by atoms with Gasteiger partial charge in [-0.2, -0.15) is 0 Å². The lowest BCUT2D eigenvalue weighted by Gasteiger charge is -2.11. The van der Waals surface area contributed by atoms with E-state index in [9.17, 15) is 5.11 Å². The number of phenolic OH excluding ortho intramolecular Hbond substituents is 1. The van der Waals surface area contributed by atoms with Crippen LogP contribution in [-0.4, -0.2) is 5.11 Å². The fraction of sp³-hybridized carbons (Fsp3) is 0.333. The molecule has 0 bridgehead atoms. The Balaban J connectivity index is 3.36. The van der Waals surface area contributed by atoms with Gasteiger partial charge in [0.15, 0.2) is 0 Å². The molecule has 0 saturated carbocycles. The highest BCUT2D eigenvalue weighted by Crippen LogP contribution is 2.28. The lowest BCUT2D eigenvalue weighted by molar-refractivity contribution is 0.464. The third kappa shape index (κ3) is 1.74. The normalized spacial score (nSPS) is 10.1. The number of allylic oxidation sites excluding steroid dienone is 1. The number of hydrogen-bond donors (Lipinski definition) is 1. The summed E-state index contributed by atoms with van der Waals surface area (Å²) in [5.74, 6) is 0.419. The van der Waals surface area contributed by atoms with Gasteiger partial charge in [-0.15, -0.1) is 6.58 Å². The van der Waals surface area contributed by atoms with Crippen LogP contribution in [0.3, 0.4) is 0 Å². The zero-order valence-electron chi connectivity index (χ0n) is 8.52. The van der Waals surface area contributed by atoms with Gasteiger partial charge >= 0.3 is 0 Å². The van der Waals surface area contributed by atoms with Crippen LogP contribution in [0.2, 0.25) is 0 Å². The maximum absolute atomic E-state index is 9.79. The minimum absolute atomic E-state index is 0.419. The van der Waals surface area contributed by atoms with Crippen molar-refractivity contribution in [2.75, 3.05) is 0 Å². The Morgan fingerprint density at radius 2 is 1.92 bits per heavy atom. The SMILES string of the molecule is C=CCc1c(C)c(C)cc(C)c1O. The van der Waals surface area contributed by atoms with Crippen LogP contribution in [0.4, 0.5) is 0 Å². The van der Waals surface area contributed by atoms with Crippen molar-refractivity contribution in [3.63, 3.8) is 0 Å². The van der Waals surface area contributed by atoms with Crippen molar-refractivity contribution in [3.05, 3.63) is 41.0 Å². The van der Waals surface area contributed by atoms with Crippen LogP contribution in [-0.2, 0) is 6.42 Å². The van der Waals surface area contributed by atoms with E-state index in [4.69, 9.17) is 0 Å². The molecule has 1 rings (SSSR count). The summed E-state index contributed by atoms with van der Waals surface area (Å²) in [5, 5.41) is 9.79. The highest BCUT2D eigenvalue weighted by atomic mass is 16.3. The van der Waals surface area contributed by atoms with E-state index in [1.165, 1.54) is 11.1 Å². The van der Waals surface area contributed by atoms with Crippen molar-refractivity contribution in [2.24, 2.45) is 0 Å². The molecule has 1 aromatic carbocycles. The molecule has 13 heavy (non-hydrogen) atoms. The predicted octanol–water partition coefficient (Wildman–Crippen LogP) is 3.05. The van der Waals surface area contributed by atoms with Crippen LogP contribution in [0.1, 0.15) is 22.3 Å². The quantitative estimate of drug-likeness (QED) is 0.687. The minimum Gasteiger partial charge on any atom is -0.507 e. The van der Waals surface area contributed by atoms with E-state index in [1.807, 2.05) is 26.0 Å². The Hall–Kier alpha value is -1.24. The van der Waals surface area contributed by atoms with Crippen LogP contribution in [0.5, 0.6) is 5.75 Å². The summed E-state index contributed by atoms with van der Waals surface area (Å²) in [7, 11) is 0. The highest BCUT2D eigenvalue weighted by Gasteiger charge is 2.08. The van der Waals surface area contributed by atoms with Crippen LogP contribution >= 0.6 is 0 Å². The molecule has 0 spiro atoms. The minimum atomic E-state index is 0.419. The fourth-order valence-electron chi connectivity index (χ4n) is 1.55.